The molecule has 8 heteroatoms. The number of pyridine rings is 1. The Balaban J connectivity index is 1.78. The molecule has 150 valence electrons. The summed E-state index contributed by atoms with van der Waals surface area (Å²) in [5.41, 5.74) is 7.46. The van der Waals surface area contributed by atoms with Crippen LogP contribution in [-0.2, 0) is 6.42 Å². The lowest BCUT2D eigenvalue weighted by Gasteiger charge is -2.15. The third-order valence-electron chi connectivity index (χ3n) is 4.96. The lowest BCUT2D eigenvalue weighted by atomic mass is 10.1. The van der Waals surface area contributed by atoms with Gasteiger partial charge in [0.05, 0.1) is 22.4 Å². The van der Waals surface area contributed by atoms with Gasteiger partial charge in [-0.1, -0.05) is 31.2 Å². The van der Waals surface area contributed by atoms with Gasteiger partial charge in [0.15, 0.2) is 0 Å². The summed E-state index contributed by atoms with van der Waals surface area (Å²) in [6, 6.07) is 14.9. The highest BCUT2D eigenvalue weighted by Crippen LogP contribution is 2.25. The van der Waals surface area contributed by atoms with Crippen LogP contribution in [0.4, 0.5) is 11.5 Å². The molecule has 0 radical (unpaired) electrons. The highest BCUT2D eigenvalue weighted by atomic mass is 16.2. The Kier molecular flexibility index (Phi) is 4.67. The van der Waals surface area contributed by atoms with Crippen LogP contribution >= 0.6 is 0 Å². The number of nitrogens with zero attached hydrogens (tertiary/aromatic N) is 1. The van der Waals surface area contributed by atoms with Crippen molar-refractivity contribution in [2.75, 3.05) is 11.1 Å². The van der Waals surface area contributed by atoms with Crippen LogP contribution in [0.1, 0.15) is 43.6 Å². The minimum atomic E-state index is -0.681. The summed E-state index contributed by atoms with van der Waals surface area (Å²) in [5.74, 6) is -2.00. The number of nitrogens with one attached hydrogen (secondary N) is 2. The topological polar surface area (TPSA) is 123 Å². The average molecular weight is 402 g/mol. The summed E-state index contributed by atoms with van der Waals surface area (Å²) in [6.45, 7) is 2.04. The molecule has 30 heavy (non-hydrogen) atoms. The number of hydrogen-bond donors (Lipinski definition) is 3. The molecule has 1 aliphatic heterocycles. The molecule has 4 rings (SSSR count). The van der Waals surface area contributed by atoms with Crippen LogP contribution in [0.2, 0.25) is 0 Å². The number of rotatable bonds is 4. The molecule has 0 aliphatic carbocycles. The van der Waals surface area contributed by atoms with E-state index in [1.54, 1.807) is 36.4 Å². The number of amides is 3. The number of aromatic nitrogens is 1. The number of nitrogen functional groups attached to an aromatic ring is 1. The standard InChI is InChI=1S/C22H18N4O4/c1-2-12-7-9-13(10-8-12)24-20(28)14-5-3-4-6-16(14)26-17(27)11-15-18(19(26)23)22(30)25-21(15)29/h3-11H,2,23H2,1H3,(H,24,28)(H,25,29,30). The van der Waals surface area contributed by atoms with Gasteiger partial charge in [-0.3, -0.25) is 29.1 Å². The van der Waals surface area contributed by atoms with Gasteiger partial charge in [0.1, 0.15) is 5.82 Å². The van der Waals surface area contributed by atoms with Crippen LogP contribution in [0.25, 0.3) is 5.69 Å². The number of carbonyl (C=O) groups is 3. The second kappa shape index (κ2) is 7.32. The zero-order valence-corrected chi connectivity index (χ0v) is 16.1. The largest absolute Gasteiger partial charge is 0.384 e. The smallest absolute Gasteiger partial charge is 0.262 e. The van der Waals surface area contributed by atoms with Gasteiger partial charge in [-0.2, -0.15) is 0 Å². The number of benzene rings is 2. The van der Waals surface area contributed by atoms with Crippen molar-refractivity contribution in [2.45, 2.75) is 13.3 Å². The quantitative estimate of drug-likeness (QED) is 0.577. The van der Waals surface area contributed by atoms with Crippen LogP contribution in [0.5, 0.6) is 0 Å². The van der Waals surface area contributed by atoms with E-state index < -0.39 is 23.3 Å². The molecule has 4 N–H and O–H groups in total. The average Bonchev–Trinajstić information content (AvgIpc) is 3.02. The number of nitrogens with two attached hydrogens (primary N) is 1. The van der Waals surface area contributed by atoms with Gasteiger partial charge in [-0.15, -0.1) is 0 Å². The second-order valence-corrected chi connectivity index (χ2v) is 6.80. The number of imide groups is 1. The molecule has 2 heterocycles. The van der Waals surface area contributed by atoms with Crippen molar-refractivity contribution in [3.8, 4) is 5.69 Å². The normalized spacial score (nSPS) is 12.4. The van der Waals surface area contributed by atoms with E-state index in [4.69, 9.17) is 5.73 Å². The second-order valence-electron chi connectivity index (χ2n) is 6.80. The predicted octanol–water partition coefficient (Wildman–Crippen LogP) is 2.12. The van der Waals surface area contributed by atoms with Crippen molar-refractivity contribution in [3.05, 3.63) is 87.2 Å². The van der Waals surface area contributed by atoms with E-state index in [-0.39, 0.29) is 28.2 Å². The van der Waals surface area contributed by atoms with Gasteiger partial charge >= 0.3 is 0 Å². The Morgan fingerprint density at radius 2 is 1.73 bits per heavy atom. The Morgan fingerprint density at radius 3 is 2.43 bits per heavy atom. The van der Waals surface area contributed by atoms with Crippen molar-refractivity contribution in [3.63, 3.8) is 0 Å². The fraction of sp³-hybridized carbons (Fsp3) is 0.0909. The summed E-state index contributed by atoms with van der Waals surface area (Å²) in [4.78, 5) is 49.6. The van der Waals surface area contributed by atoms with E-state index in [2.05, 4.69) is 10.6 Å². The maximum Gasteiger partial charge on any atom is 0.262 e. The lowest BCUT2D eigenvalue weighted by molar-refractivity contribution is 0.0879. The van der Waals surface area contributed by atoms with Crippen molar-refractivity contribution < 1.29 is 14.4 Å². The number of para-hydroxylation sites is 1. The van der Waals surface area contributed by atoms with E-state index >= 15 is 0 Å². The molecule has 0 fully saturated rings. The number of carbonyl (C=O) groups excluding carboxylic acids is 3. The van der Waals surface area contributed by atoms with Crippen LogP contribution in [0.15, 0.2) is 59.4 Å². The van der Waals surface area contributed by atoms with Crippen molar-refractivity contribution in [1.82, 2.24) is 9.88 Å². The summed E-state index contributed by atoms with van der Waals surface area (Å²) < 4.78 is 1.06. The lowest BCUT2D eigenvalue weighted by Crippen LogP contribution is -2.26. The van der Waals surface area contributed by atoms with Gasteiger partial charge < -0.3 is 11.1 Å². The molecule has 0 spiro atoms. The van der Waals surface area contributed by atoms with Crippen LogP contribution in [-0.4, -0.2) is 22.3 Å². The Bertz CT molecular complexity index is 1260. The van der Waals surface area contributed by atoms with Gasteiger partial charge in [0, 0.05) is 11.8 Å². The molecule has 3 amide bonds. The van der Waals surface area contributed by atoms with E-state index in [0.29, 0.717) is 5.69 Å². The van der Waals surface area contributed by atoms with Crippen molar-refractivity contribution in [1.29, 1.82) is 0 Å². The molecule has 0 bridgehead atoms. The van der Waals surface area contributed by atoms with Crippen LogP contribution < -0.4 is 21.9 Å². The number of hydrogen-bond acceptors (Lipinski definition) is 5. The monoisotopic (exact) mass is 402 g/mol. The molecule has 3 aromatic rings. The first-order valence-corrected chi connectivity index (χ1v) is 9.31. The van der Waals surface area contributed by atoms with E-state index in [0.717, 1.165) is 22.6 Å². The summed E-state index contributed by atoms with van der Waals surface area (Å²) >= 11 is 0. The molecule has 1 aromatic heterocycles. The molecule has 8 nitrogen and oxygen atoms in total. The van der Waals surface area contributed by atoms with Crippen LogP contribution in [0, 0.1) is 0 Å². The van der Waals surface area contributed by atoms with Crippen LogP contribution in [0.3, 0.4) is 0 Å². The Morgan fingerprint density at radius 1 is 1.03 bits per heavy atom. The van der Waals surface area contributed by atoms with Gasteiger partial charge in [0.2, 0.25) is 0 Å². The fourth-order valence-electron chi connectivity index (χ4n) is 3.41. The Hall–Kier alpha value is -4.20. The first-order chi connectivity index (χ1) is 14.4. The maximum atomic E-state index is 12.9. The number of fused-ring (bicyclic) bond motifs is 1. The maximum absolute atomic E-state index is 12.9. The first-order valence-electron chi connectivity index (χ1n) is 9.31. The zero-order valence-electron chi connectivity index (χ0n) is 16.1. The fourth-order valence-corrected chi connectivity index (χ4v) is 3.41. The first kappa shape index (κ1) is 19.1. The third-order valence-corrected chi connectivity index (χ3v) is 4.96. The van der Waals surface area contributed by atoms with Gasteiger partial charge in [-0.05, 0) is 36.2 Å². The summed E-state index contributed by atoms with van der Waals surface area (Å²) in [5, 5.41) is 4.92. The zero-order chi connectivity index (χ0) is 21.4. The number of aryl methyl sites for hydroxylation is 1. The molecule has 0 unspecified atom stereocenters. The van der Waals surface area contributed by atoms with Crippen molar-refractivity contribution >= 4 is 29.2 Å². The molecular weight excluding hydrogens is 384 g/mol. The molecule has 0 saturated carbocycles. The highest BCUT2D eigenvalue weighted by Gasteiger charge is 2.32. The summed E-state index contributed by atoms with van der Waals surface area (Å²) in [6.07, 6.45) is 0.883. The molecular formula is C22H18N4O4. The highest BCUT2D eigenvalue weighted by molar-refractivity contribution is 6.23. The van der Waals surface area contributed by atoms with Gasteiger partial charge in [-0.25, -0.2) is 0 Å². The summed E-state index contributed by atoms with van der Waals surface area (Å²) in [7, 11) is 0. The molecule has 0 saturated heterocycles. The van der Waals surface area contributed by atoms with E-state index in [9.17, 15) is 19.2 Å². The molecule has 2 aromatic carbocycles. The van der Waals surface area contributed by atoms with Crippen molar-refractivity contribution in [2.24, 2.45) is 0 Å². The van der Waals surface area contributed by atoms with E-state index in [1.807, 2.05) is 19.1 Å². The molecule has 1 aliphatic rings. The van der Waals surface area contributed by atoms with Gasteiger partial charge in [0.25, 0.3) is 23.3 Å². The number of anilines is 2. The minimum absolute atomic E-state index is 0.0725. The SMILES string of the molecule is CCc1ccc(NC(=O)c2ccccc2-n2c(N)c3c(cc2=O)C(=O)NC3=O)cc1. The Labute approximate surface area is 171 Å². The van der Waals surface area contributed by atoms with E-state index in [1.165, 1.54) is 0 Å². The molecule has 0 atom stereocenters. The predicted molar refractivity (Wildman–Crippen MR) is 112 cm³/mol. The minimum Gasteiger partial charge on any atom is -0.384 e. The third kappa shape index (κ3) is 3.14.